The van der Waals surface area contributed by atoms with Gasteiger partial charge in [0.1, 0.15) is 24.1 Å². The first kappa shape index (κ1) is 26.6. The van der Waals surface area contributed by atoms with Crippen LogP contribution in [0, 0.1) is 11.3 Å². The van der Waals surface area contributed by atoms with Gasteiger partial charge in [0.25, 0.3) is 0 Å². The predicted molar refractivity (Wildman–Crippen MR) is 146 cm³/mol. The quantitative estimate of drug-likeness (QED) is 0.333. The van der Waals surface area contributed by atoms with Gasteiger partial charge in [0.2, 0.25) is 0 Å². The van der Waals surface area contributed by atoms with Crippen molar-refractivity contribution in [3.8, 4) is 0 Å². The second-order valence-corrected chi connectivity index (χ2v) is 13.0. The molecule has 8 nitrogen and oxygen atoms in total. The topological polar surface area (TPSA) is 95.5 Å². The van der Waals surface area contributed by atoms with Gasteiger partial charge < -0.3 is 24.5 Å². The largest absolute Gasteiger partial charge is 0.349 e. The summed E-state index contributed by atoms with van der Waals surface area (Å²) >= 11 is 0. The zero-order chi connectivity index (χ0) is 26.5. The molecule has 204 valence electrons. The van der Waals surface area contributed by atoms with E-state index < -0.39 is 5.79 Å². The predicted octanol–water partition coefficient (Wildman–Crippen LogP) is 4.72. The molecular weight excluding hydrogens is 466 g/mol. The van der Waals surface area contributed by atoms with E-state index in [2.05, 4.69) is 68.0 Å². The Morgan fingerprint density at radius 3 is 2.62 bits per heavy atom. The second kappa shape index (κ2) is 9.95. The highest BCUT2D eigenvalue weighted by Crippen LogP contribution is 2.41. The normalized spacial score (nSPS) is 31.2. The van der Waals surface area contributed by atoms with E-state index in [9.17, 15) is 0 Å². The number of fused-ring (bicyclic) bond motifs is 2. The van der Waals surface area contributed by atoms with E-state index in [1.54, 1.807) is 0 Å². The summed E-state index contributed by atoms with van der Waals surface area (Å²) in [4.78, 5) is 11.0. The van der Waals surface area contributed by atoms with Crippen LogP contribution in [0.5, 0.6) is 0 Å². The zero-order valence-corrected chi connectivity index (χ0v) is 23.5. The Labute approximate surface area is 221 Å². The molecule has 2 aliphatic heterocycles. The molecule has 0 spiro atoms. The van der Waals surface area contributed by atoms with Crippen molar-refractivity contribution in [1.82, 2.24) is 20.2 Å². The third-order valence-electron chi connectivity index (χ3n) is 8.32. The lowest BCUT2D eigenvalue weighted by Crippen LogP contribution is -2.52. The van der Waals surface area contributed by atoms with E-state index in [4.69, 9.17) is 24.6 Å². The summed E-state index contributed by atoms with van der Waals surface area (Å²) in [5, 5.41) is 10.4. The lowest BCUT2D eigenvalue weighted by Gasteiger charge is -2.46. The van der Waals surface area contributed by atoms with Gasteiger partial charge in [0.15, 0.2) is 12.0 Å². The molecule has 0 radical (unpaired) electrons. The van der Waals surface area contributed by atoms with Crippen LogP contribution in [0.4, 0.5) is 0 Å². The molecule has 1 saturated carbocycles. The Bertz CT molecular complexity index is 1100. The van der Waals surface area contributed by atoms with Crippen LogP contribution in [0.3, 0.4) is 0 Å². The number of hydrogen-bond donors (Lipinski definition) is 3. The molecule has 2 aromatic rings. The van der Waals surface area contributed by atoms with Gasteiger partial charge in [-0.2, -0.15) is 0 Å². The lowest BCUT2D eigenvalue weighted by molar-refractivity contribution is -0.191. The maximum Gasteiger partial charge on any atom is 0.164 e. The van der Waals surface area contributed by atoms with Gasteiger partial charge in [-0.15, -0.1) is 0 Å². The fraction of sp³-hybridized carbons (Fsp3) is 0.724. The van der Waals surface area contributed by atoms with Crippen molar-refractivity contribution in [1.29, 1.82) is 5.41 Å². The smallest absolute Gasteiger partial charge is 0.164 e. The standard InChI is InChI=1S/C29H45N5O3/c1-17(2)34(15-23-25-26(27(35-23)31-16-30)37-29(6,7)36-25)20-12-18(13-20)8-11-24-32-21-10-9-19(28(3,4)5)14-22(21)33-24/h9-10,14,16-18,20,23,25-27H,8,11-13,15H2,1-7H3,(H2,30,31)(H,32,33)/t18-,20+,23-,25-,26-,27?/m1/s1. The molecule has 1 unspecified atom stereocenters. The Morgan fingerprint density at radius 2 is 1.95 bits per heavy atom. The van der Waals surface area contributed by atoms with Gasteiger partial charge >= 0.3 is 0 Å². The number of imidazole rings is 1. The SMILES string of the molecule is CC(C)N(C[C@H]1OC(NC=N)[C@@H]2OC(C)(C)O[C@H]12)[C@H]1C[C@@H](CCc2nc3cc(C(C)(C)C)ccc3[nH]2)C1. The fourth-order valence-corrected chi connectivity index (χ4v) is 6.23. The number of ether oxygens (including phenoxy) is 3. The summed E-state index contributed by atoms with van der Waals surface area (Å²) in [6.07, 6.45) is 4.99. The van der Waals surface area contributed by atoms with Crippen LogP contribution in [0.2, 0.25) is 0 Å². The molecule has 1 aromatic carbocycles. The molecule has 0 bridgehead atoms. The molecule has 5 rings (SSSR count). The van der Waals surface area contributed by atoms with Crippen LogP contribution in [-0.2, 0) is 26.0 Å². The third-order valence-corrected chi connectivity index (χ3v) is 8.32. The number of H-pyrrole nitrogens is 1. The highest BCUT2D eigenvalue weighted by atomic mass is 16.8. The van der Waals surface area contributed by atoms with Crippen LogP contribution in [0.25, 0.3) is 11.0 Å². The van der Waals surface area contributed by atoms with Crippen molar-refractivity contribution >= 4 is 17.4 Å². The minimum atomic E-state index is -0.630. The first-order valence-corrected chi connectivity index (χ1v) is 13.9. The first-order chi connectivity index (χ1) is 17.4. The van der Waals surface area contributed by atoms with Crippen LogP contribution < -0.4 is 5.32 Å². The summed E-state index contributed by atoms with van der Waals surface area (Å²) in [5.74, 6) is 1.19. The summed E-state index contributed by atoms with van der Waals surface area (Å²) in [6, 6.07) is 7.59. The summed E-state index contributed by atoms with van der Waals surface area (Å²) in [7, 11) is 0. The molecule has 3 fully saturated rings. The maximum atomic E-state index is 7.46. The van der Waals surface area contributed by atoms with E-state index in [0.717, 1.165) is 42.2 Å². The lowest BCUT2D eigenvalue weighted by atomic mass is 9.76. The number of nitrogens with zero attached hydrogens (tertiary/aromatic N) is 2. The van der Waals surface area contributed by atoms with Crippen molar-refractivity contribution < 1.29 is 14.2 Å². The minimum absolute atomic E-state index is 0.0841. The van der Waals surface area contributed by atoms with Gasteiger partial charge in [0.05, 0.1) is 17.4 Å². The van der Waals surface area contributed by atoms with Crippen molar-refractivity contribution in [2.45, 2.75) is 122 Å². The Balaban J connectivity index is 1.16. The summed E-state index contributed by atoms with van der Waals surface area (Å²) in [6.45, 7) is 16.0. The Morgan fingerprint density at radius 1 is 1.22 bits per heavy atom. The average Bonchev–Trinajstić information content (AvgIpc) is 3.42. The fourth-order valence-electron chi connectivity index (χ4n) is 6.23. The van der Waals surface area contributed by atoms with Crippen LogP contribution in [0.1, 0.15) is 79.1 Å². The zero-order valence-electron chi connectivity index (χ0n) is 23.5. The maximum absolute atomic E-state index is 7.46. The Kier molecular flexibility index (Phi) is 7.15. The van der Waals surface area contributed by atoms with Gasteiger partial charge in [-0.05, 0) is 76.0 Å². The van der Waals surface area contributed by atoms with Crippen molar-refractivity contribution in [3.05, 3.63) is 29.6 Å². The van der Waals surface area contributed by atoms with Gasteiger partial charge in [-0.3, -0.25) is 10.3 Å². The molecule has 0 amide bonds. The van der Waals surface area contributed by atoms with Crippen molar-refractivity contribution in [2.24, 2.45) is 5.92 Å². The van der Waals surface area contributed by atoms with Gasteiger partial charge in [-0.25, -0.2) is 4.98 Å². The minimum Gasteiger partial charge on any atom is -0.349 e. The highest BCUT2D eigenvalue weighted by Gasteiger charge is 2.55. The van der Waals surface area contributed by atoms with Crippen molar-refractivity contribution in [2.75, 3.05) is 6.54 Å². The third kappa shape index (κ3) is 5.58. The number of aryl methyl sites for hydroxylation is 1. The molecule has 37 heavy (non-hydrogen) atoms. The first-order valence-electron chi connectivity index (χ1n) is 13.9. The molecular formula is C29H45N5O3. The van der Waals surface area contributed by atoms with E-state index in [1.807, 2.05) is 13.8 Å². The molecule has 3 heterocycles. The number of aromatic nitrogens is 2. The number of hydrogen-bond acceptors (Lipinski definition) is 6. The Hall–Kier alpha value is -2.00. The van der Waals surface area contributed by atoms with Crippen LogP contribution in [0.15, 0.2) is 18.2 Å². The van der Waals surface area contributed by atoms with Crippen LogP contribution >= 0.6 is 0 Å². The summed E-state index contributed by atoms with van der Waals surface area (Å²) in [5.41, 5.74) is 3.66. The molecule has 3 N–H and O–H groups in total. The second-order valence-electron chi connectivity index (χ2n) is 13.0. The number of nitrogens with one attached hydrogen (secondary N) is 3. The molecule has 2 saturated heterocycles. The molecule has 8 heteroatoms. The van der Waals surface area contributed by atoms with E-state index in [1.165, 1.54) is 24.7 Å². The molecule has 1 aliphatic carbocycles. The number of aromatic amines is 1. The monoisotopic (exact) mass is 511 g/mol. The van der Waals surface area contributed by atoms with E-state index in [0.29, 0.717) is 12.1 Å². The van der Waals surface area contributed by atoms with Gasteiger partial charge in [0, 0.05) is 25.0 Å². The number of rotatable bonds is 9. The summed E-state index contributed by atoms with van der Waals surface area (Å²) < 4.78 is 18.6. The van der Waals surface area contributed by atoms with Crippen LogP contribution in [-0.4, -0.2) is 70.2 Å². The van der Waals surface area contributed by atoms with Crippen molar-refractivity contribution in [3.63, 3.8) is 0 Å². The molecule has 3 aliphatic rings. The highest BCUT2D eigenvalue weighted by molar-refractivity contribution is 5.76. The van der Waals surface area contributed by atoms with Gasteiger partial charge in [-0.1, -0.05) is 26.8 Å². The van der Waals surface area contributed by atoms with E-state index in [-0.39, 0.29) is 30.0 Å². The average molecular weight is 512 g/mol. The number of benzene rings is 1. The molecule has 4 atom stereocenters. The molecule has 1 aromatic heterocycles. The van der Waals surface area contributed by atoms with E-state index >= 15 is 0 Å².